The summed E-state index contributed by atoms with van der Waals surface area (Å²) in [5.41, 5.74) is 2.13. The van der Waals surface area contributed by atoms with Crippen LogP contribution in [0.5, 0.6) is 0 Å². The van der Waals surface area contributed by atoms with Crippen molar-refractivity contribution in [3.8, 4) is 0 Å². The number of amides is 1. The lowest BCUT2D eigenvalue weighted by molar-refractivity contribution is 0.146. The number of ether oxygens (including phenoxy) is 2. The summed E-state index contributed by atoms with van der Waals surface area (Å²) in [7, 11) is -6.67. The van der Waals surface area contributed by atoms with Crippen LogP contribution in [0, 0.1) is 6.92 Å². The van der Waals surface area contributed by atoms with Gasteiger partial charge in [-0.25, -0.2) is 26.4 Å². The molecule has 10 nitrogen and oxygen atoms in total. The zero-order valence-electron chi connectivity index (χ0n) is 19.2. The van der Waals surface area contributed by atoms with Crippen molar-refractivity contribution >= 4 is 37.5 Å². The van der Waals surface area contributed by atoms with Crippen LogP contribution in [0.1, 0.15) is 36.1 Å². The van der Waals surface area contributed by atoms with Crippen molar-refractivity contribution in [3.05, 3.63) is 47.0 Å². The second-order valence-electron chi connectivity index (χ2n) is 7.80. The first kappa shape index (κ1) is 26.6. The van der Waals surface area contributed by atoms with E-state index in [0.717, 1.165) is 5.56 Å². The van der Waals surface area contributed by atoms with Gasteiger partial charge in [-0.05, 0) is 31.5 Å². The number of fused-ring (bicyclic) bond motifs is 1. The molecule has 1 aliphatic heterocycles. The molecule has 2 N–H and O–H groups in total. The van der Waals surface area contributed by atoms with Crippen molar-refractivity contribution in [1.82, 2.24) is 14.3 Å². The minimum absolute atomic E-state index is 0.0458. The lowest BCUT2D eigenvalue weighted by Gasteiger charge is -2.32. The molecule has 1 atom stereocenters. The van der Waals surface area contributed by atoms with E-state index in [4.69, 9.17) is 9.47 Å². The molecule has 2 heterocycles. The molecule has 2 aromatic rings. The number of nitrogens with one attached hydrogen (secondary N) is 2. The quantitative estimate of drug-likeness (QED) is 0.447. The van der Waals surface area contributed by atoms with Crippen LogP contribution in [-0.2, 0) is 36.1 Å². The first-order chi connectivity index (χ1) is 16.1. The summed E-state index contributed by atoms with van der Waals surface area (Å²) in [6.07, 6.45) is -0.631. The molecule has 0 aliphatic carbocycles. The van der Waals surface area contributed by atoms with Crippen molar-refractivity contribution in [2.24, 2.45) is 0 Å². The van der Waals surface area contributed by atoms with E-state index in [0.29, 0.717) is 42.0 Å². The molecule has 1 aromatic heterocycles. The summed E-state index contributed by atoms with van der Waals surface area (Å²) >= 11 is 0.621. The van der Waals surface area contributed by atoms with Crippen molar-refractivity contribution in [2.45, 2.75) is 41.3 Å². The van der Waals surface area contributed by atoms with Gasteiger partial charge in [0.15, 0.2) is 0 Å². The minimum atomic E-state index is -4.33. The van der Waals surface area contributed by atoms with Crippen LogP contribution in [0.3, 0.4) is 0 Å². The third kappa shape index (κ3) is 6.15. The van der Waals surface area contributed by atoms with Crippen LogP contribution in [-0.4, -0.2) is 60.6 Å². The highest BCUT2D eigenvalue weighted by Gasteiger charge is 2.40. The highest BCUT2D eigenvalue weighted by molar-refractivity contribution is 7.94. The molecular formula is C21H29N3O7S3. The van der Waals surface area contributed by atoms with Crippen LogP contribution in [0.15, 0.2) is 38.8 Å². The van der Waals surface area contributed by atoms with Crippen LogP contribution in [0.4, 0.5) is 4.79 Å². The van der Waals surface area contributed by atoms with Crippen molar-refractivity contribution in [3.63, 3.8) is 0 Å². The molecule has 1 aromatic carbocycles. The number of benzene rings is 1. The number of hydrogen-bond acceptors (Lipinski definition) is 9. The Morgan fingerprint density at radius 3 is 2.62 bits per heavy atom. The number of thiophene rings is 1. The van der Waals surface area contributed by atoms with Crippen LogP contribution >= 0.6 is 11.3 Å². The number of methoxy groups -OCH3 is 1. The summed E-state index contributed by atoms with van der Waals surface area (Å²) in [5.74, 6) is 0. The summed E-state index contributed by atoms with van der Waals surface area (Å²) in [6.45, 7) is 5.10. The van der Waals surface area contributed by atoms with E-state index in [-0.39, 0.29) is 34.2 Å². The van der Waals surface area contributed by atoms with Crippen molar-refractivity contribution in [1.29, 1.82) is 0 Å². The average molecular weight is 532 g/mol. The number of rotatable bonds is 10. The Morgan fingerprint density at radius 2 is 1.97 bits per heavy atom. The third-order valence-corrected chi connectivity index (χ3v) is 10.5. The van der Waals surface area contributed by atoms with Crippen LogP contribution in [0.2, 0.25) is 0 Å². The van der Waals surface area contributed by atoms with Crippen molar-refractivity contribution < 1.29 is 31.1 Å². The van der Waals surface area contributed by atoms with Gasteiger partial charge in [0.1, 0.15) is 15.0 Å². The Balaban J connectivity index is 1.79. The van der Waals surface area contributed by atoms with Gasteiger partial charge in [-0.2, -0.15) is 4.31 Å². The van der Waals surface area contributed by atoms with E-state index >= 15 is 0 Å². The predicted molar refractivity (Wildman–Crippen MR) is 128 cm³/mol. The number of hydrogen-bond donors (Lipinski definition) is 2. The molecule has 0 saturated carbocycles. The first-order valence-corrected chi connectivity index (χ1v) is 14.4. The van der Waals surface area contributed by atoms with Crippen molar-refractivity contribution in [2.75, 3.05) is 33.4 Å². The number of nitrogens with zero attached hydrogens (tertiary/aromatic N) is 1. The number of carbonyl (C=O) groups is 1. The molecule has 13 heteroatoms. The van der Waals surface area contributed by atoms with E-state index in [1.165, 1.54) is 10.4 Å². The second-order valence-corrected chi connectivity index (χ2v) is 12.9. The maximum atomic E-state index is 13.2. The minimum Gasteiger partial charge on any atom is -0.444 e. The summed E-state index contributed by atoms with van der Waals surface area (Å²) in [6, 6.07) is 8.18. The van der Waals surface area contributed by atoms with Crippen LogP contribution < -0.4 is 10.0 Å². The molecule has 1 amide bonds. The Kier molecular flexibility index (Phi) is 8.71. The van der Waals surface area contributed by atoms with Gasteiger partial charge in [0, 0.05) is 38.4 Å². The lowest BCUT2D eigenvalue weighted by atomic mass is 10.1. The molecule has 1 aliphatic rings. The maximum absolute atomic E-state index is 13.2. The molecular weight excluding hydrogens is 502 g/mol. The third-order valence-electron chi connectivity index (χ3n) is 5.22. The summed E-state index contributed by atoms with van der Waals surface area (Å²) in [5, 5.41) is 3.21. The van der Waals surface area contributed by atoms with E-state index in [1.807, 2.05) is 30.7 Å². The molecule has 0 spiro atoms. The molecule has 0 saturated heterocycles. The van der Waals surface area contributed by atoms with Gasteiger partial charge >= 0.3 is 6.09 Å². The van der Waals surface area contributed by atoms with Gasteiger partial charge in [-0.15, -0.1) is 11.3 Å². The fourth-order valence-electron chi connectivity index (χ4n) is 3.50. The monoisotopic (exact) mass is 531 g/mol. The molecule has 0 fully saturated rings. The van der Waals surface area contributed by atoms with Crippen LogP contribution in [0.25, 0.3) is 0 Å². The summed E-state index contributed by atoms with van der Waals surface area (Å²) < 4.78 is 64.9. The molecule has 0 bridgehead atoms. The van der Waals surface area contributed by atoms with E-state index < -0.39 is 26.1 Å². The molecule has 188 valence electrons. The topological polar surface area (TPSA) is 131 Å². The number of carbonyl (C=O) groups excluding carboxylic acids is 1. The SMILES string of the molecule is CCN[C@H]1CN(CCCOC)S(=O)(=O)c2sc(S(=O)(=O)NC(=O)OCc3ccc(C)cc3)cc21. The highest BCUT2D eigenvalue weighted by Crippen LogP contribution is 2.40. The Hall–Kier alpha value is -2.03. The normalized spacial score (nSPS) is 17.8. The number of likely N-dealkylation sites (N-methyl/N-ethyl adjacent to an activating group) is 1. The number of aryl methyl sites for hydroxylation is 1. The molecule has 0 radical (unpaired) electrons. The second kappa shape index (κ2) is 11.1. The van der Waals surface area contributed by atoms with Gasteiger partial charge in [-0.3, -0.25) is 0 Å². The molecule has 34 heavy (non-hydrogen) atoms. The Labute approximate surface area is 204 Å². The standard InChI is InChI=1S/C21H29N3O7S3/c1-4-22-18-13-24(10-5-11-30-3)34(28,29)20-17(18)12-19(32-20)33(26,27)23-21(25)31-14-16-8-6-15(2)7-9-16/h6-9,12,18,22H,4-5,10-11,13-14H2,1-3H3,(H,23,25)/t18-/m0/s1. The van der Waals surface area contributed by atoms with E-state index in [2.05, 4.69) is 5.32 Å². The molecule has 3 rings (SSSR count). The summed E-state index contributed by atoms with van der Waals surface area (Å²) in [4.78, 5) is 12.1. The maximum Gasteiger partial charge on any atom is 0.421 e. The largest absolute Gasteiger partial charge is 0.444 e. The smallest absolute Gasteiger partial charge is 0.421 e. The Morgan fingerprint density at radius 1 is 1.26 bits per heavy atom. The average Bonchev–Trinajstić information content (AvgIpc) is 3.25. The van der Waals surface area contributed by atoms with E-state index in [1.54, 1.807) is 19.2 Å². The van der Waals surface area contributed by atoms with Gasteiger partial charge < -0.3 is 14.8 Å². The lowest BCUT2D eigenvalue weighted by Crippen LogP contribution is -2.43. The zero-order valence-corrected chi connectivity index (χ0v) is 21.7. The highest BCUT2D eigenvalue weighted by atomic mass is 32.3. The zero-order chi connectivity index (χ0) is 24.9. The number of sulfonamides is 2. The predicted octanol–water partition coefficient (Wildman–Crippen LogP) is 2.36. The van der Waals surface area contributed by atoms with Gasteiger partial charge in [0.05, 0.1) is 0 Å². The van der Waals surface area contributed by atoms with Gasteiger partial charge in [0.2, 0.25) is 0 Å². The van der Waals surface area contributed by atoms with Gasteiger partial charge in [0.25, 0.3) is 20.0 Å². The first-order valence-electron chi connectivity index (χ1n) is 10.7. The molecule has 0 unspecified atom stereocenters. The fraction of sp³-hybridized carbons (Fsp3) is 0.476. The fourth-order valence-corrected chi connectivity index (χ4v) is 8.28. The van der Waals surface area contributed by atoms with Gasteiger partial charge in [-0.1, -0.05) is 36.8 Å². The van der Waals surface area contributed by atoms with E-state index in [9.17, 15) is 21.6 Å². The Bertz CT molecular complexity index is 1210.